The minimum atomic E-state index is -0.923. The average molecular weight is 717 g/mol. The topological polar surface area (TPSA) is 140 Å². The van der Waals surface area contributed by atoms with E-state index < -0.39 is 16.4 Å². The number of allylic oxidation sites excluding steroid dienone is 3. The van der Waals surface area contributed by atoms with E-state index in [1.807, 2.05) is 18.2 Å². The molecule has 0 radical (unpaired) electrons. The zero-order valence-electron chi connectivity index (χ0n) is 29.6. The smallest absolute Gasteiger partial charge is 0.141 e. The van der Waals surface area contributed by atoms with E-state index in [1.165, 1.54) is 11.8 Å². The van der Waals surface area contributed by atoms with E-state index in [2.05, 4.69) is 65.5 Å². The molecule has 51 heavy (non-hydrogen) atoms. The predicted octanol–water partition coefficient (Wildman–Crippen LogP) is 5.15. The van der Waals surface area contributed by atoms with E-state index in [-0.39, 0.29) is 39.1 Å². The Morgan fingerprint density at radius 1 is 1.08 bits per heavy atom. The van der Waals surface area contributed by atoms with Crippen LogP contribution >= 0.6 is 11.6 Å². The van der Waals surface area contributed by atoms with E-state index in [9.17, 15) is 20.6 Å². The van der Waals surface area contributed by atoms with Crippen molar-refractivity contribution in [3.63, 3.8) is 0 Å². The summed E-state index contributed by atoms with van der Waals surface area (Å²) < 4.78 is 19.4. The maximum atomic E-state index is 9.97. The van der Waals surface area contributed by atoms with Crippen molar-refractivity contribution in [3.8, 4) is 17.6 Å². The summed E-state index contributed by atoms with van der Waals surface area (Å²) in [4.78, 5) is 6.37. The lowest BCUT2D eigenvalue weighted by Gasteiger charge is -2.48. The van der Waals surface area contributed by atoms with Gasteiger partial charge in [0.1, 0.15) is 30.8 Å². The third kappa shape index (κ3) is 9.36. The summed E-state index contributed by atoms with van der Waals surface area (Å²) in [7, 11) is 0. The molecule has 2 heterocycles. The summed E-state index contributed by atoms with van der Waals surface area (Å²) in [6.07, 6.45) is 10.0. The van der Waals surface area contributed by atoms with Crippen LogP contribution in [0.15, 0.2) is 79.2 Å². The Balaban J connectivity index is 1.41. The Kier molecular flexibility index (Phi) is 12.9. The van der Waals surface area contributed by atoms with Gasteiger partial charge in [0, 0.05) is 61.2 Å². The first-order valence-electron chi connectivity index (χ1n) is 17.3. The van der Waals surface area contributed by atoms with Gasteiger partial charge in [-0.1, -0.05) is 74.0 Å². The van der Waals surface area contributed by atoms with Crippen molar-refractivity contribution in [2.24, 2.45) is 10.8 Å². The third-order valence-corrected chi connectivity index (χ3v) is 10.5. The molecular weight excluding hydrogens is 668 g/mol. The van der Waals surface area contributed by atoms with E-state index in [4.69, 9.17) is 25.8 Å². The Hall–Kier alpha value is -3.79. The van der Waals surface area contributed by atoms with Crippen molar-refractivity contribution in [1.29, 1.82) is 5.26 Å². The number of aliphatic hydroxyl groups excluding tert-OH is 3. The van der Waals surface area contributed by atoms with E-state index >= 15 is 0 Å². The molecular formula is C40H49ClN4O6. The van der Waals surface area contributed by atoms with Gasteiger partial charge in [0.25, 0.3) is 0 Å². The SMILES string of the molecule is CC(CO)(CO)NCc1cc(Cl)c(OC[C@]2(COCCN3CCC(O)C3)C=CC=C(c3ccccc3)C2(C)C)cc1OCc1cncc(C#N)c1. The number of nitrogens with one attached hydrogen (secondary N) is 1. The minimum Gasteiger partial charge on any atom is -0.491 e. The molecule has 0 saturated carbocycles. The zero-order chi connectivity index (χ0) is 36.5. The first-order chi connectivity index (χ1) is 24.5. The highest BCUT2D eigenvalue weighted by atomic mass is 35.5. The number of pyridine rings is 1. The Morgan fingerprint density at radius 2 is 1.86 bits per heavy atom. The number of halogens is 1. The zero-order valence-corrected chi connectivity index (χ0v) is 30.4. The van der Waals surface area contributed by atoms with Crippen LogP contribution in [0.25, 0.3) is 5.57 Å². The number of likely N-dealkylation sites (tertiary alicyclic amines) is 1. The number of nitrogens with zero attached hydrogens (tertiary/aromatic N) is 3. The molecule has 0 spiro atoms. The molecule has 2 atom stereocenters. The Morgan fingerprint density at radius 3 is 2.57 bits per heavy atom. The highest BCUT2D eigenvalue weighted by molar-refractivity contribution is 6.32. The quantitative estimate of drug-likeness (QED) is 0.139. The van der Waals surface area contributed by atoms with Crippen LogP contribution in [0.5, 0.6) is 11.5 Å². The summed E-state index contributed by atoms with van der Waals surface area (Å²) in [5, 5.41) is 42.6. The molecule has 1 aromatic heterocycles. The molecule has 1 aliphatic heterocycles. The van der Waals surface area contributed by atoms with Gasteiger partial charge >= 0.3 is 0 Å². The van der Waals surface area contributed by atoms with Gasteiger partial charge in [-0.3, -0.25) is 9.88 Å². The maximum absolute atomic E-state index is 9.97. The van der Waals surface area contributed by atoms with Gasteiger partial charge in [-0.25, -0.2) is 0 Å². The van der Waals surface area contributed by atoms with Gasteiger partial charge < -0.3 is 34.8 Å². The molecule has 10 nitrogen and oxygen atoms in total. The minimum absolute atomic E-state index is 0.140. The van der Waals surface area contributed by atoms with Crippen LogP contribution in [0, 0.1) is 22.2 Å². The summed E-state index contributed by atoms with van der Waals surface area (Å²) >= 11 is 6.91. The summed E-state index contributed by atoms with van der Waals surface area (Å²) in [6.45, 7) is 9.42. The van der Waals surface area contributed by atoms with E-state index in [1.54, 1.807) is 31.3 Å². The second kappa shape index (κ2) is 17.2. The lowest BCUT2D eigenvalue weighted by Crippen LogP contribution is -2.48. The van der Waals surface area contributed by atoms with Crippen LogP contribution in [0.4, 0.5) is 0 Å². The molecule has 1 fully saturated rings. The summed E-state index contributed by atoms with van der Waals surface area (Å²) in [5.74, 6) is 0.917. The van der Waals surface area contributed by atoms with E-state index in [0.717, 1.165) is 30.6 Å². The van der Waals surface area contributed by atoms with Crippen LogP contribution in [0.2, 0.25) is 5.02 Å². The number of aromatic nitrogens is 1. The van der Waals surface area contributed by atoms with Crippen LogP contribution in [-0.2, 0) is 17.9 Å². The number of hydrogen-bond donors (Lipinski definition) is 4. The number of ether oxygens (including phenoxy) is 3. The van der Waals surface area contributed by atoms with Gasteiger partial charge in [-0.05, 0) is 36.6 Å². The van der Waals surface area contributed by atoms with Gasteiger partial charge in [-0.2, -0.15) is 5.26 Å². The molecule has 11 heteroatoms. The van der Waals surface area contributed by atoms with Crippen LogP contribution in [0.1, 0.15) is 49.4 Å². The molecule has 5 rings (SSSR count). The molecule has 3 aromatic rings. The molecule has 1 saturated heterocycles. The fourth-order valence-corrected chi connectivity index (χ4v) is 6.72. The molecule has 1 unspecified atom stereocenters. The molecule has 272 valence electrons. The average Bonchev–Trinajstić information content (AvgIpc) is 3.57. The van der Waals surface area contributed by atoms with Gasteiger partial charge in [0.15, 0.2) is 0 Å². The number of β-amino-alcohol motifs (C(OH)–C–C–N with tert-alkyl or cyclic N) is 1. The standard InChI is InChI=1S/C40H49ClN4O6/c1-38(2)34(31-8-5-4-6-9-31)10-7-12-40(38,27-49-15-14-45-13-11-33(48)23-45)28-51-37-18-36(50-24-30-16-29(19-42)20-43-21-30)32(17-35(37)41)22-44-39(3,25-46)26-47/h4-10,12,16-18,20-21,33,44,46-48H,11,13-15,22-28H2,1-3H3/t33?,40-/m1/s1. The van der Waals surface area contributed by atoms with Crippen LogP contribution < -0.4 is 14.8 Å². The molecule has 0 amide bonds. The predicted molar refractivity (Wildman–Crippen MR) is 197 cm³/mol. The van der Waals surface area contributed by atoms with Crippen LogP contribution in [-0.4, -0.2) is 89.5 Å². The fraction of sp³-hybridized carbons (Fsp3) is 0.450. The fourth-order valence-electron chi connectivity index (χ4n) is 6.47. The normalized spacial score (nSPS) is 20.2. The molecule has 4 N–H and O–H groups in total. The number of rotatable bonds is 17. The van der Waals surface area contributed by atoms with Gasteiger partial charge in [0.2, 0.25) is 0 Å². The van der Waals surface area contributed by atoms with Crippen molar-refractivity contribution < 1.29 is 29.5 Å². The summed E-state index contributed by atoms with van der Waals surface area (Å²) in [5.41, 5.74) is 2.21. The van der Waals surface area contributed by atoms with Gasteiger partial charge in [0.05, 0.1) is 54.1 Å². The van der Waals surface area contributed by atoms with Crippen molar-refractivity contribution in [3.05, 3.63) is 106 Å². The maximum Gasteiger partial charge on any atom is 0.141 e. The highest BCUT2D eigenvalue weighted by Crippen LogP contribution is 2.52. The van der Waals surface area contributed by atoms with Crippen molar-refractivity contribution >= 4 is 17.2 Å². The summed E-state index contributed by atoms with van der Waals surface area (Å²) in [6, 6.07) is 17.7. The lowest BCUT2D eigenvalue weighted by molar-refractivity contribution is -0.0119. The van der Waals surface area contributed by atoms with Crippen molar-refractivity contribution in [1.82, 2.24) is 15.2 Å². The molecule has 1 aliphatic carbocycles. The lowest BCUT2D eigenvalue weighted by atomic mass is 9.59. The van der Waals surface area contributed by atoms with Crippen molar-refractivity contribution in [2.75, 3.05) is 52.7 Å². The second-order valence-corrected chi connectivity index (χ2v) is 14.7. The van der Waals surface area contributed by atoms with Crippen molar-refractivity contribution in [2.45, 2.75) is 52.0 Å². The third-order valence-electron chi connectivity index (χ3n) is 10.2. The van der Waals surface area contributed by atoms with Gasteiger partial charge in [-0.15, -0.1) is 0 Å². The number of aliphatic hydroxyl groups is 3. The largest absolute Gasteiger partial charge is 0.491 e. The molecule has 2 aromatic carbocycles. The van der Waals surface area contributed by atoms with E-state index in [0.29, 0.717) is 47.4 Å². The highest BCUT2D eigenvalue weighted by Gasteiger charge is 2.48. The number of hydrogen-bond acceptors (Lipinski definition) is 10. The number of benzene rings is 2. The molecule has 2 aliphatic rings. The second-order valence-electron chi connectivity index (χ2n) is 14.3. The molecule has 0 bridgehead atoms. The Labute approximate surface area is 305 Å². The van der Waals surface area contributed by atoms with Crippen LogP contribution in [0.3, 0.4) is 0 Å². The Bertz CT molecular complexity index is 1720. The monoisotopic (exact) mass is 716 g/mol. The first-order valence-corrected chi connectivity index (χ1v) is 17.7. The number of nitriles is 1. The first kappa shape index (κ1) is 38.4.